The topological polar surface area (TPSA) is 74.6 Å². The van der Waals surface area contributed by atoms with Crippen molar-refractivity contribution in [3.05, 3.63) is 35.9 Å². The molecule has 0 saturated carbocycles. The maximum Gasteiger partial charge on any atom is 0.314 e. The number of carbonyl (C=O) groups is 2. The molecular formula is C12H16CaO4. The van der Waals surface area contributed by atoms with Gasteiger partial charge < -0.3 is 10.2 Å². The third-order valence-electron chi connectivity index (χ3n) is 1.96. The summed E-state index contributed by atoms with van der Waals surface area (Å²) in [6.07, 6.45) is -0.806. The maximum absolute atomic E-state index is 9.43. The molecular weight excluding hydrogens is 248 g/mol. The summed E-state index contributed by atoms with van der Waals surface area (Å²) in [5.41, 5.74) is 1.55. The third kappa shape index (κ3) is 11.7. The Bertz CT molecular complexity index is 326. The first kappa shape index (κ1) is 16.4. The van der Waals surface area contributed by atoms with Gasteiger partial charge in [0.05, 0.1) is 0 Å². The Balaban J connectivity index is 0.000000325. The van der Waals surface area contributed by atoms with Crippen molar-refractivity contribution in [1.82, 2.24) is 0 Å². The molecule has 0 radical (unpaired) electrons. The van der Waals surface area contributed by atoms with E-state index in [2.05, 4.69) is 37.3 Å². The molecule has 0 fully saturated rings. The molecule has 0 aliphatic rings. The van der Waals surface area contributed by atoms with E-state index in [-0.39, 0.29) is 33.8 Å². The molecule has 17 heavy (non-hydrogen) atoms. The van der Waals surface area contributed by atoms with Crippen LogP contribution in [0.25, 0.3) is 0 Å². The van der Waals surface area contributed by atoms with Crippen LogP contribution in [0.1, 0.15) is 18.9 Å². The largest absolute Gasteiger partial charge is 0.481 e. The van der Waals surface area contributed by atoms with Crippen LogP contribution in [0.4, 0.5) is 0 Å². The second-order valence-electron chi connectivity index (χ2n) is 3.55. The van der Waals surface area contributed by atoms with Crippen molar-refractivity contribution < 1.29 is 19.8 Å². The van der Waals surface area contributed by atoms with Crippen LogP contribution in [0.5, 0.6) is 0 Å². The summed E-state index contributed by atoms with van der Waals surface area (Å²) in [6.45, 7) is 2.31. The summed E-state index contributed by atoms with van der Waals surface area (Å²) in [7, 11) is 0. The summed E-state index contributed by atoms with van der Waals surface area (Å²) < 4.78 is 2.90. The van der Waals surface area contributed by atoms with E-state index in [1.54, 1.807) is 5.56 Å². The van der Waals surface area contributed by atoms with Crippen molar-refractivity contribution in [2.24, 2.45) is 0 Å². The maximum atomic E-state index is 9.43. The quantitative estimate of drug-likeness (QED) is 0.629. The van der Waals surface area contributed by atoms with Crippen molar-refractivity contribution in [2.75, 3.05) is 0 Å². The minimum absolute atomic E-state index is 0.157. The second kappa shape index (κ2) is 10.6. The molecule has 5 heteroatoms. The van der Waals surface area contributed by atoms with E-state index in [0.29, 0.717) is 0 Å². The first-order valence-electron chi connectivity index (χ1n) is 5.53. The van der Waals surface area contributed by atoms with Gasteiger partial charge in [-0.3, -0.25) is 9.59 Å². The van der Waals surface area contributed by atoms with Crippen molar-refractivity contribution in [2.45, 2.75) is 18.4 Å². The monoisotopic (exact) mass is 264 g/mol. The molecule has 1 aromatic carbocycles. The van der Waals surface area contributed by atoms with Gasteiger partial charge in [0.25, 0.3) is 0 Å². The number of carboxylic acids is 2. The van der Waals surface area contributed by atoms with Gasteiger partial charge in [-0.05, 0) is 0 Å². The number of rotatable bonds is 5. The minimum atomic E-state index is -1.31. The van der Waals surface area contributed by atoms with Crippen LogP contribution in [-0.4, -0.2) is 56.0 Å². The summed E-state index contributed by atoms with van der Waals surface area (Å²) in [5, 5.41) is 15.4. The van der Waals surface area contributed by atoms with Gasteiger partial charge in [-0.2, -0.15) is 0 Å². The van der Waals surface area contributed by atoms with Crippen LogP contribution in [-0.2, 0) is 12.1 Å². The summed E-state index contributed by atoms with van der Waals surface area (Å²) >= 11 is -0.157. The van der Waals surface area contributed by atoms with Crippen LogP contribution in [0.15, 0.2) is 30.3 Å². The number of carboxylic acid groups (broad SMARTS) is 2. The van der Waals surface area contributed by atoms with Gasteiger partial charge in [0.1, 0.15) is 6.42 Å². The van der Waals surface area contributed by atoms with Gasteiger partial charge in [0.15, 0.2) is 0 Å². The van der Waals surface area contributed by atoms with E-state index in [9.17, 15) is 9.59 Å². The molecule has 0 amide bonds. The van der Waals surface area contributed by atoms with Gasteiger partial charge in [0, 0.05) is 0 Å². The number of hydrogen-bond acceptors (Lipinski definition) is 2. The van der Waals surface area contributed by atoms with Crippen LogP contribution >= 0.6 is 0 Å². The number of aliphatic carboxylic acids is 2. The molecule has 0 unspecified atom stereocenters. The molecule has 0 aliphatic carbocycles. The standard InChI is InChI=1S/C7H7.C3H4O4.C2H5.Ca/c1-7-5-3-2-4-6-7;4-2(5)1-3(6)7;1-2;/h2-6H,1H2;1H2,(H,4,5)(H,6,7);1H2,2H3;. The Morgan fingerprint density at radius 3 is 2.00 bits per heavy atom. The predicted octanol–water partition coefficient (Wildman–Crippen LogP) is 1.87. The Morgan fingerprint density at radius 2 is 1.65 bits per heavy atom. The molecule has 0 spiro atoms. The molecule has 0 bridgehead atoms. The fourth-order valence-corrected chi connectivity index (χ4v) is 2.87. The van der Waals surface area contributed by atoms with E-state index in [1.165, 1.54) is 5.04 Å². The molecule has 90 valence electrons. The molecule has 4 nitrogen and oxygen atoms in total. The number of benzene rings is 1. The zero-order valence-corrected chi connectivity index (χ0v) is 12.1. The SMILES string of the molecule is C[CH2][Ca][CH2]c1ccccc1.O=C(O)CC(=O)O. The van der Waals surface area contributed by atoms with E-state index in [1.807, 2.05) is 0 Å². The van der Waals surface area contributed by atoms with Crippen LogP contribution in [0.3, 0.4) is 0 Å². The first-order chi connectivity index (χ1) is 8.06. The van der Waals surface area contributed by atoms with Crippen molar-refractivity contribution >= 4 is 45.8 Å². The summed E-state index contributed by atoms with van der Waals surface area (Å²) in [6, 6.07) is 10.8. The minimum Gasteiger partial charge on any atom is -0.481 e. The molecule has 1 rings (SSSR count). The Hall–Kier alpha value is -0.580. The fraction of sp³-hybridized carbons (Fsp3) is 0.333. The Labute approximate surface area is 119 Å². The van der Waals surface area contributed by atoms with Gasteiger partial charge in [-0.25, -0.2) is 0 Å². The smallest absolute Gasteiger partial charge is 0.314 e. The zero-order valence-electron chi connectivity index (χ0n) is 9.93. The van der Waals surface area contributed by atoms with Crippen LogP contribution in [0, 0.1) is 0 Å². The van der Waals surface area contributed by atoms with Crippen LogP contribution in [0.2, 0.25) is 2.52 Å². The summed E-state index contributed by atoms with van der Waals surface area (Å²) in [5.74, 6) is -2.62. The van der Waals surface area contributed by atoms with Gasteiger partial charge in [-0.1, -0.05) is 0 Å². The average molecular weight is 264 g/mol. The molecule has 0 aromatic heterocycles. The molecule has 0 atom stereocenters. The Kier molecular flexibility index (Phi) is 10.2. The van der Waals surface area contributed by atoms with E-state index < -0.39 is 18.4 Å². The van der Waals surface area contributed by atoms with E-state index in [0.717, 1.165) is 0 Å². The zero-order chi connectivity index (χ0) is 13.1. The normalized spacial score (nSPS) is 8.53. The van der Waals surface area contributed by atoms with Gasteiger partial charge >= 0.3 is 93.6 Å². The number of hydrogen-bond donors (Lipinski definition) is 2. The average Bonchev–Trinajstić information content (AvgIpc) is 2.27. The molecule has 2 N–H and O–H groups in total. The third-order valence-corrected chi connectivity index (χ3v) is 4.52. The second-order valence-corrected chi connectivity index (χ2v) is 7.00. The molecule has 0 heterocycles. The van der Waals surface area contributed by atoms with Crippen molar-refractivity contribution in [3.8, 4) is 0 Å². The van der Waals surface area contributed by atoms with Gasteiger partial charge in [0.2, 0.25) is 0 Å². The predicted molar refractivity (Wildman–Crippen MR) is 66.3 cm³/mol. The first-order valence-corrected chi connectivity index (χ1v) is 8.66. The Morgan fingerprint density at radius 1 is 1.12 bits per heavy atom. The van der Waals surface area contributed by atoms with E-state index in [4.69, 9.17) is 10.2 Å². The molecule has 0 aliphatic heterocycles. The summed E-state index contributed by atoms with van der Waals surface area (Å²) in [4.78, 5) is 18.9. The molecule has 0 saturated heterocycles. The van der Waals surface area contributed by atoms with Crippen LogP contribution < -0.4 is 0 Å². The van der Waals surface area contributed by atoms with E-state index >= 15 is 0 Å². The van der Waals surface area contributed by atoms with Crippen molar-refractivity contribution in [3.63, 3.8) is 0 Å². The van der Waals surface area contributed by atoms with Crippen molar-refractivity contribution in [1.29, 1.82) is 0 Å². The fourth-order valence-electron chi connectivity index (χ4n) is 1.15. The molecule has 1 aromatic rings. The van der Waals surface area contributed by atoms with Gasteiger partial charge in [-0.15, -0.1) is 0 Å².